The molecule has 2 rings (SSSR count). The summed E-state index contributed by atoms with van der Waals surface area (Å²) in [5.41, 5.74) is 0.607. The number of carbonyl (C=O) groups excluding carboxylic acids is 1. The summed E-state index contributed by atoms with van der Waals surface area (Å²) in [6.45, 7) is 4.21. The Labute approximate surface area is 159 Å². The van der Waals surface area contributed by atoms with Gasteiger partial charge >= 0.3 is 5.97 Å². The second kappa shape index (κ2) is 10.5. The molecule has 1 unspecified atom stereocenters. The van der Waals surface area contributed by atoms with E-state index in [0.29, 0.717) is 24.4 Å². The number of aliphatic carboxylic acids is 1. The van der Waals surface area contributed by atoms with E-state index in [9.17, 15) is 14.7 Å². The van der Waals surface area contributed by atoms with Gasteiger partial charge in [0.15, 0.2) is 0 Å². The van der Waals surface area contributed by atoms with E-state index in [4.69, 9.17) is 10.00 Å². The van der Waals surface area contributed by atoms with E-state index in [1.165, 1.54) is 0 Å². The van der Waals surface area contributed by atoms with Crippen LogP contribution in [0.1, 0.15) is 12.8 Å². The zero-order valence-corrected chi connectivity index (χ0v) is 15.6. The fourth-order valence-corrected chi connectivity index (χ4v) is 3.06. The van der Waals surface area contributed by atoms with Gasteiger partial charge < -0.3 is 15.2 Å². The van der Waals surface area contributed by atoms with Crippen molar-refractivity contribution >= 4 is 17.6 Å². The maximum absolute atomic E-state index is 12.2. The molecule has 0 spiro atoms. The Morgan fingerprint density at radius 1 is 1.22 bits per heavy atom. The molecular formula is C19H26N4O4. The van der Waals surface area contributed by atoms with Gasteiger partial charge in [0.1, 0.15) is 5.75 Å². The number of hydrogen-bond acceptors (Lipinski definition) is 6. The van der Waals surface area contributed by atoms with Crippen LogP contribution in [0.3, 0.4) is 0 Å². The third-order valence-electron chi connectivity index (χ3n) is 4.64. The molecule has 1 heterocycles. The first-order valence-electron chi connectivity index (χ1n) is 9.00. The minimum Gasteiger partial charge on any atom is -0.497 e. The SMILES string of the molecule is COc1ccc(NC(=O)CC(CN2CCN(CCC#N)CC2)C(=O)O)cc1. The number of hydrogen-bond donors (Lipinski definition) is 2. The van der Waals surface area contributed by atoms with Crippen molar-refractivity contribution in [2.24, 2.45) is 5.92 Å². The average Bonchev–Trinajstić information content (AvgIpc) is 2.67. The van der Waals surface area contributed by atoms with Crippen molar-refractivity contribution in [3.05, 3.63) is 24.3 Å². The van der Waals surface area contributed by atoms with Gasteiger partial charge in [0, 0.05) is 57.8 Å². The molecule has 0 bridgehead atoms. The lowest BCUT2D eigenvalue weighted by Crippen LogP contribution is -2.48. The lowest BCUT2D eigenvalue weighted by Gasteiger charge is -2.35. The largest absolute Gasteiger partial charge is 0.497 e. The molecule has 8 heteroatoms. The topological polar surface area (TPSA) is 106 Å². The van der Waals surface area contributed by atoms with Crippen LogP contribution < -0.4 is 10.1 Å². The third-order valence-corrected chi connectivity index (χ3v) is 4.64. The smallest absolute Gasteiger partial charge is 0.308 e. The second-order valence-electron chi connectivity index (χ2n) is 6.57. The Kier molecular flexibility index (Phi) is 8.04. The maximum atomic E-state index is 12.2. The van der Waals surface area contributed by atoms with Gasteiger partial charge in [-0.2, -0.15) is 5.26 Å². The highest BCUT2D eigenvalue weighted by Crippen LogP contribution is 2.16. The number of rotatable bonds is 9. The number of benzene rings is 1. The van der Waals surface area contributed by atoms with Crippen LogP contribution >= 0.6 is 0 Å². The molecule has 0 saturated carbocycles. The van der Waals surface area contributed by atoms with Crippen LogP contribution in [0.15, 0.2) is 24.3 Å². The van der Waals surface area contributed by atoms with Crippen LogP contribution in [-0.2, 0) is 9.59 Å². The molecule has 0 radical (unpaired) electrons. The monoisotopic (exact) mass is 374 g/mol. The predicted molar refractivity (Wildman–Crippen MR) is 100 cm³/mol. The number of carbonyl (C=O) groups is 2. The number of nitriles is 1. The number of methoxy groups -OCH3 is 1. The van der Waals surface area contributed by atoms with E-state index in [-0.39, 0.29) is 12.3 Å². The van der Waals surface area contributed by atoms with Gasteiger partial charge in [-0.05, 0) is 24.3 Å². The molecule has 0 aliphatic carbocycles. The average molecular weight is 374 g/mol. The quantitative estimate of drug-likeness (QED) is 0.670. The summed E-state index contributed by atoms with van der Waals surface area (Å²) in [6.07, 6.45) is 0.430. The van der Waals surface area contributed by atoms with Crippen LogP contribution in [0.5, 0.6) is 5.75 Å². The van der Waals surface area contributed by atoms with Gasteiger partial charge in [-0.3, -0.25) is 19.4 Å². The van der Waals surface area contributed by atoms with Gasteiger partial charge in [-0.15, -0.1) is 0 Å². The fourth-order valence-electron chi connectivity index (χ4n) is 3.06. The zero-order chi connectivity index (χ0) is 19.6. The molecule has 27 heavy (non-hydrogen) atoms. The Bertz CT molecular complexity index is 663. The summed E-state index contributed by atoms with van der Waals surface area (Å²) in [5, 5.41) is 20.9. The van der Waals surface area contributed by atoms with E-state index >= 15 is 0 Å². The number of anilines is 1. The van der Waals surface area contributed by atoms with Gasteiger partial charge in [0.2, 0.25) is 5.91 Å². The van der Waals surface area contributed by atoms with Gasteiger partial charge in [-0.1, -0.05) is 0 Å². The minimum absolute atomic E-state index is 0.0734. The van der Waals surface area contributed by atoms with Gasteiger partial charge in [0.25, 0.3) is 0 Å². The number of carboxylic acids is 1. The first kappa shape index (κ1) is 20.7. The molecule has 1 aromatic carbocycles. The van der Waals surface area contributed by atoms with Crippen LogP contribution in [-0.4, -0.2) is 73.2 Å². The number of carboxylic acid groups (broad SMARTS) is 1. The number of amides is 1. The number of nitrogens with one attached hydrogen (secondary N) is 1. The van der Waals surface area contributed by atoms with Crippen molar-refractivity contribution in [1.82, 2.24) is 9.80 Å². The van der Waals surface area contributed by atoms with Crippen molar-refractivity contribution < 1.29 is 19.4 Å². The van der Waals surface area contributed by atoms with E-state index in [2.05, 4.69) is 21.2 Å². The van der Waals surface area contributed by atoms with E-state index in [1.807, 2.05) is 0 Å². The minimum atomic E-state index is -0.966. The molecule has 1 aliphatic rings. The summed E-state index contributed by atoms with van der Waals surface area (Å²) in [5.74, 6) is -1.36. The highest BCUT2D eigenvalue weighted by molar-refractivity contribution is 5.93. The standard InChI is InChI=1S/C19H26N4O4/c1-27-17-5-3-16(4-6-17)21-18(24)13-15(19(25)26)14-23-11-9-22(10-12-23)8-2-7-20/h3-6,15H,2,8-14H2,1H3,(H,21,24)(H,25,26). The molecule has 1 fully saturated rings. The summed E-state index contributed by atoms with van der Waals surface area (Å²) in [6, 6.07) is 9.03. The Morgan fingerprint density at radius 2 is 1.85 bits per heavy atom. The van der Waals surface area contributed by atoms with Crippen molar-refractivity contribution in [3.8, 4) is 11.8 Å². The first-order valence-corrected chi connectivity index (χ1v) is 9.00. The van der Waals surface area contributed by atoms with Crippen LogP contribution in [0.25, 0.3) is 0 Å². The normalized spacial score (nSPS) is 16.3. The molecular weight excluding hydrogens is 348 g/mol. The Morgan fingerprint density at radius 3 is 2.41 bits per heavy atom. The number of nitrogens with zero attached hydrogens (tertiary/aromatic N) is 3. The van der Waals surface area contributed by atoms with E-state index < -0.39 is 11.9 Å². The van der Waals surface area contributed by atoms with Crippen LogP contribution in [0.2, 0.25) is 0 Å². The van der Waals surface area contributed by atoms with Crippen LogP contribution in [0, 0.1) is 17.2 Å². The number of piperazine rings is 1. The predicted octanol–water partition coefficient (Wildman–Crippen LogP) is 1.26. The fraction of sp³-hybridized carbons (Fsp3) is 0.526. The zero-order valence-electron chi connectivity index (χ0n) is 15.6. The summed E-state index contributed by atoms with van der Waals surface area (Å²) < 4.78 is 5.07. The van der Waals surface area contributed by atoms with Gasteiger partial charge in [0.05, 0.1) is 19.1 Å². The Hall–Kier alpha value is -2.63. The molecule has 1 saturated heterocycles. The van der Waals surface area contributed by atoms with Crippen molar-refractivity contribution in [1.29, 1.82) is 5.26 Å². The van der Waals surface area contributed by atoms with Crippen molar-refractivity contribution in [2.45, 2.75) is 12.8 Å². The molecule has 1 aliphatic heterocycles. The molecule has 0 aromatic heterocycles. The molecule has 1 amide bonds. The molecule has 1 atom stereocenters. The second-order valence-corrected chi connectivity index (χ2v) is 6.57. The molecule has 8 nitrogen and oxygen atoms in total. The maximum Gasteiger partial charge on any atom is 0.308 e. The summed E-state index contributed by atoms with van der Waals surface area (Å²) in [7, 11) is 1.56. The van der Waals surface area contributed by atoms with Crippen molar-refractivity contribution in [2.75, 3.05) is 51.7 Å². The number of ether oxygens (including phenoxy) is 1. The highest BCUT2D eigenvalue weighted by atomic mass is 16.5. The summed E-state index contributed by atoms with van der Waals surface area (Å²) >= 11 is 0. The first-order chi connectivity index (χ1) is 13.0. The van der Waals surface area contributed by atoms with E-state index in [1.54, 1.807) is 31.4 Å². The van der Waals surface area contributed by atoms with Crippen molar-refractivity contribution in [3.63, 3.8) is 0 Å². The molecule has 1 aromatic rings. The third kappa shape index (κ3) is 6.89. The Balaban J connectivity index is 1.81. The lowest BCUT2D eigenvalue weighted by molar-refractivity contribution is -0.144. The van der Waals surface area contributed by atoms with Gasteiger partial charge in [-0.25, -0.2) is 0 Å². The summed E-state index contributed by atoms with van der Waals surface area (Å²) in [4.78, 5) is 28.1. The molecule has 2 N–H and O–H groups in total. The lowest BCUT2D eigenvalue weighted by atomic mass is 10.0. The highest BCUT2D eigenvalue weighted by Gasteiger charge is 2.26. The van der Waals surface area contributed by atoms with E-state index in [0.717, 1.165) is 32.7 Å². The molecule has 146 valence electrons. The van der Waals surface area contributed by atoms with Crippen LogP contribution in [0.4, 0.5) is 5.69 Å².